The topological polar surface area (TPSA) is 55.8 Å². The fraction of sp³-hybridized carbons (Fsp3) is 0.542. The minimum atomic E-state index is 0.0884. The minimum absolute atomic E-state index is 0.0884. The molecule has 2 aliphatic heterocycles. The SMILES string of the molecule is CC.O=C(c1cccc2ccccc12)N1CCN(CC2NCCC2S)C(CCO)C1. The molecule has 2 aliphatic rings. The van der Waals surface area contributed by atoms with Gasteiger partial charge in [0.2, 0.25) is 0 Å². The lowest BCUT2D eigenvalue weighted by Gasteiger charge is -2.42. The lowest BCUT2D eigenvalue weighted by molar-refractivity contribution is 0.0400. The number of carbonyl (C=O) groups excluding carboxylic acids is 1. The summed E-state index contributed by atoms with van der Waals surface area (Å²) in [5.41, 5.74) is 0.766. The molecule has 0 saturated carbocycles. The Kier molecular flexibility index (Phi) is 8.57. The molecule has 2 fully saturated rings. The van der Waals surface area contributed by atoms with Crippen molar-refractivity contribution in [3.05, 3.63) is 48.0 Å². The number of nitrogens with one attached hydrogen (secondary N) is 1. The molecule has 2 heterocycles. The van der Waals surface area contributed by atoms with E-state index in [1.54, 1.807) is 0 Å². The van der Waals surface area contributed by atoms with Crippen LogP contribution in [0, 0.1) is 0 Å². The third-order valence-electron chi connectivity index (χ3n) is 6.12. The van der Waals surface area contributed by atoms with Crippen LogP contribution < -0.4 is 5.32 Å². The molecule has 0 aromatic heterocycles. The Morgan fingerprint density at radius 3 is 2.67 bits per heavy atom. The Balaban J connectivity index is 0.00000124. The first-order valence-electron chi connectivity index (χ1n) is 11.2. The van der Waals surface area contributed by atoms with Crippen LogP contribution >= 0.6 is 12.6 Å². The second-order valence-corrected chi connectivity index (χ2v) is 8.52. The molecule has 0 radical (unpaired) electrons. The van der Waals surface area contributed by atoms with Gasteiger partial charge in [0.05, 0.1) is 0 Å². The molecule has 2 aromatic rings. The number of amides is 1. The van der Waals surface area contributed by atoms with Crippen molar-refractivity contribution in [2.45, 2.75) is 44.0 Å². The first-order valence-corrected chi connectivity index (χ1v) is 11.7. The van der Waals surface area contributed by atoms with E-state index in [1.807, 2.05) is 61.2 Å². The van der Waals surface area contributed by atoms with Crippen molar-refractivity contribution in [2.75, 3.05) is 39.3 Å². The summed E-state index contributed by atoms with van der Waals surface area (Å²) in [7, 11) is 0. The number of benzene rings is 2. The Bertz CT molecular complexity index is 826. The maximum Gasteiger partial charge on any atom is 0.254 e. The van der Waals surface area contributed by atoms with Gasteiger partial charge >= 0.3 is 0 Å². The highest BCUT2D eigenvalue weighted by Crippen LogP contribution is 2.23. The van der Waals surface area contributed by atoms with Crippen molar-refractivity contribution in [1.29, 1.82) is 0 Å². The van der Waals surface area contributed by atoms with E-state index in [-0.39, 0.29) is 18.6 Å². The van der Waals surface area contributed by atoms with Crippen molar-refractivity contribution in [2.24, 2.45) is 0 Å². The second-order valence-electron chi connectivity index (χ2n) is 7.86. The summed E-state index contributed by atoms with van der Waals surface area (Å²) < 4.78 is 0. The van der Waals surface area contributed by atoms with Gasteiger partial charge in [0.25, 0.3) is 5.91 Å². The maximum atomic E-state index is 13.3. The second kappa shape index (κ2) is 11.1. The van der Waals surface area contributed by atoms with E-state index < -0.39 is 0 Å². The molecule has 5 nitrogen and oxygen atoms in total. The highest BCUT2D eigenvalue weighted by Gasteiger charge is 2.33. The van der Waals surface area contributed by atoms with Gasteiger partial charge in [-0.3, -0.25) is 9.69 Å². The number of carbonyl (C=O) groups is 1. The van der Waals surface area contributed by atoms with E-state index in [1.165, 1.54) is 0 Å². The molecule has 0 aliphatic carbocycles. The molecule has 6 heteroatoms. The van der Waals surface area contributed by atoms with Gasteiger partial charge in [0.1, 0.15) is 0 Å². The smallest absolute Gasteiger partial charge is 0.254 e. The van der Waals surface area contributed by atoms with Crippen molar-refractivity contribution < 1.29 is 9.90 Å². The van der Waals surface area contributed by atoms with Crippen LogP contribution in [0.25, 0.3) is 10.8 Å². The van der Waals surface area contributed by atoms with E-state index in [4.69, 9.17) is 12.6 Å². The molecule has 164 valence electrons. The van der Waals surface area contributed by atoms with Crippen LogP contribution in [0.4, 0.5) is 0 Å². The molecule has 2 N–H and O–H groups in total. The van der Waals surface area contributed by atoms with Crippen molar-refractivity contribution in [1.82, 2.24) is 15.1 Å². The number of hydrogen-bond donors (Lipinski definition) is 3. The molecule has 2 saturated heterocycles. The predicted octanol–water partition coefficient (Wildman–Crippen LogP) is 3.04. The van der Waals surface area contributed by atoms with Crippen LogP contribution in [0.5, 0.6) is 0 Å². The summed E-state index contributed by atoms with van der Waals surface area (Å²) in [6.07, 6.45) is 1.78. The van der Waals surface area contributed by atoms with Crippen LogP contribution in [0.3, 0.4) is 0 Å². The number of aliphatic hydroxyl groups is 1. The summed E-state index contributed by atoms with van der Waals surface area (Å²) in [4.78, 5) is 17.7. The molecule has 1 amide bonds. The molecule has 3 unspecified atom stereocenters. The molecule has 3 atom stereocenters. The molecule has 0 bridgehead atoms. The molecule has 30 heavy (non-hydrogen) atoms. The standard InChI is InChI=1S/C22H29N3O2S.C2H6/c26-13-9-17-14-25(12-11-24(17)15-20-21(28)8-10-23-20)22(27)19-7-3-5-16-4-1-2-6-18(16)19;1-2/h1-7,17,20-21,23,26,28H,8-15H2;1-2H3. The quantitative estimate of drug-likeness (QED) is 0.640. The lowest BCUT2D eigenvalue weighted by atomic mass is 10.0. The number of aliphatic hydroxyl groups excluding tert-OH is 1. The highest BCUT2D eigenvalue weighted by molar-refractivity contribution is 7.81. The zero-order valence-electron chi connectivity index (χ0n) is 18.1. The Labute approximate surface area is 185 Å². The summed E-state index contributed by atoms with van der Waals surface area (Å²) >= 11 is 4.70. The summed E-state index contributed by atoms with van der Waals surface area (Å²) in [6, 6.07) is 14.5. The monoisotopic (exact) mass is 429 g/mol. The Morgan fingerprint density at radius 1 is 1.17 bits per heavy atom. The number of thiol groups is 1. The van der Waals surface area contributed by atoms with E-state index in [2.05, 4.69) is 10.2 Å². The normalized spacial score (nSPS) is 24.5. The summed E-state index contributed by atoms with van der Waals surface area (Å²) in [6.45, 7) is 8.29. The van der Waals surface area contributed by atoms with Crippen molar-refractivity contribution in [3.63, 3.8) is 0 Å². The highest BCUT2D eigenvalue weighted by atomic mass is 32.1. The molecule has 0 spiro atoms. The van der Waals surface area contributed by atoms with E-state index in [0.29, 0.717) is 30.8 Å². The number of fused-ring (bicyclic) bond motifs is 1. The van der Waals surface area contributed by atoms with Gasteiger partial charge in [-0.15, -0.1) is 0 Å². The third-order valence-corrected chi connectivity index (χ3v) is 6.73. The van der Waals surface area contributed by atoms with Crippen LogP contribution in [-0.2, 0) is 0 Å². The van der Waals surface area contributed by atoms with Crippen LogP contribution in [-0.4, -0.2) is 77.5 Å². The molecule has 2 aromatic carbocycles. The average Bonchev–Trinajstić information content (AvgIpc) is 3.20. The van der Waals surface area contributed by atoms with Gasteiger partial charge in [0, 0.05) is 55.7 Å². The fourth-order valence-electron chi connectivity index (χ4n) is 4.52. The number of piperazine rings is 1. The van der Waals surface area contributed by atoms with Crippen LogP contribution in [0.15, 0.2) is 42.5 Å². The minimum Gasteiger partial charge on any atom is -0.396 e. The van der Waals surface area contributed by atoms with Gasteiger partial charge in [-0.1, -0.05) is 50.2 Å². The number of nitrogens with zero attached hydrogens (tertiary/aromatic N) is 2. The lowest BCUT2D eigenvalue weighted by Crippen LogP contribution is -2.57. The predicted molar refractivity (Wildman–Crippen MR) is 127 cm³/mol. The third kappa shape index (κ3) is 5.17. The summed E-state index contributed by atoms with van der Waals surface area (Å²) in [5, 5.41) is 15.6. The van der Waals surface area contributed by atoms with E-state index >= 15 is 0 Å². The van der Waals surface area contributed by atoms with Gasteiger partial charge < -0.3 is 15.3 Å². The maximum absolute atomic E-state index is 13.3. The number of hydrogen-bond acceptors (Lipinski definition) is 5. The van der Waals surface area contributed by atoms with Crippen LogP contribution in [0.1, 0.15) is 37.0 Å². The zero-order chi connectivity index (χ0) is 21.5. The Morgan fingerprint density at radius 2 is 1.93 bits per heavy atom. The molecular weight excluding hydrogens is 394 g/mol. The van der Waals surface area contributed by atoms with Crippen LogP contribution in [0.2, 0.25) is 0 Å². The Hall–Kier alpha value is -1.60. The van der Waals surface area contributed by atoms with Gasteiger partial charge in [-0.2, -0.15) is 12.6 Å². The van der Waals surface area contributed by atoms with Crippen molar-refractivity contribution >= 4 is 29.3 Å². The summed E-state index contributed by atoms with van der Waals surface area (Å²) in [5.74, 6) is 0.0884. The number of rotatable bonds is 5. The van der Waals surface area contributed by atoms with Gasteiger partial charge in [0.15, 0.2) is 0 Å². The fourth-order valence-corrected chi connectivity index (χ4v) is 4.84. The first kappa shape index (κ1) is 23.1. The molecule has 4 rings (SSSR count). The van der Waals surface area contributed by atoms with E-state index in [9.17, 15) is 9.90 Å². The van der Waals surface area contributed by atoms with Gasteiger partial charge in [-0.05, 0) is 36.2 Å². The van der Waals surface area contributed by atoms with E-state index in [0.717, 1.165) is 42.4 Å². The molecular formula is C24H35N3O2S. The van der Waals surface area contributed by atoms with Crippen molar-refractivity contribution in [3.8, 4) is 0 Å². The zero-order valence-corrected chi connectivity index (χ0v) is 19.0. The first-order chi connectivity index (χ1) is 14.7. The largest absolute Gasteiger partial charge is 0.396 e. The average molecular weight is 430 g/mol. The van der Waals surface area contributed by atoms with Gasteiger partial charge in [-0.25, -0.2) is 0 Å².